The topological polar surface area (TPSA) is 51.5 Å². The Bertz CT molecular complexity index is 269. The number of esters is 1. The highest BCUT2D eigenvalue weighted by Crippen LogP contribution is 2.01. The van der Waals surface area contributed by atoms with Crippen molar-refractivity contribution >= 4 is 5.97 Å². The van der Waals surface area contributed by atoms with E-state index in [0.717, 1.165) is 5.76 Å². The van der Waals surface area contributed by atoms with Crippen LogP contribution in [-0.4, -0.2) is 19.1 Å². The molecule has 0 aromatic carbocycles. The second-order valence-electron chi connectivity index (χ2n) is 3.14. The largest absolute Gasteiger partial charge is 0.469 e. The van der Waals surface area contributed by atoms with Crippen LogP contribution in [0.3, 0.4) is 0 Å². The zero-order valence-corrected chi connectivity index (χ0v) is 8.45. The van der Waals surface area contributed by atoms with E-state index < -0.39 is 0 Å². The Morgan fingerprint density at radius 2 is 2.50 bits per heavy atom. The van der Waals surface area contributed by atoms with Crippen LogP contribution in [0.2, 0.25) is 0 Å². The number of carbonyl (C=O) groups is 1. The highest BCUT2D eigenvalue weighted by Gasteiger charge is 2.08. The predicted molar refractivity (Wildman–Crippen MR) is 51.6 cm³/mol. The molecule has 1 atom stereocenters. The van der Waals surface area contributed by atoms with Gasteiger partial charge in [-0.3, -0.25) is 4.79 Å². The Hall–Kier alpha value is -1.29. The van der Waals surface area contributed by atoms with E-state index in [1.165, 1.54) is 7.11 Å². The molecule has 0 fully saturated rings. The van der Waals surface area contributed by atoms with Crippen LogP contribution in [0.5, 0.6) is 0 Å². The first kappa shape index (κ1) is 10.8. The van der Waals surface area contributed by atoms with Crippen molar-refractivity contribution in [2.45, 2.75) is 25.9 Å². The summed E-state index contributed by atoms with van der Waals surface area (Å²) in [5.74, 6) is 0.658. The molecule has 0 aliphatic heterocycles. The van der Waals surface area contributed by atoms with E-state index in [0.29, 0.717) is 13.0 Å². The minimum absolute atomic E-state index is 0.0903. The second-order valence-corrected chi connectivity index (χ2v) is 3.14. The molecule has 14 heavy (non-hydrogen) atoms. The maximum atomic E-state index is 10.9. The van der Waals surface area contributed by atoms with Crippen LogP contribution in [0.1, 0.15) is 19.1 Å². The molecule has 0 amide bonds. The Balaban J connectivity index is 2.21. The van der Waals surface area contributed by atoms with Gasteiger partial charge in [-0.15, -0.1) is 0 Å². The minimum atomic E-state index is -0.204. The van der Waals surface area contributed by atoms with Gasteiger partial charge < -0.3 is 14.5 Å². The van der Waals surface area contributed by atoms with Gasteiger partial charge in [0.1, 0.15) is 5.76 Å². The van der Waals surface area contributed by atoms with Crippen LogP contribution < -0.4 is 5.32 Å². The monoisotopic (exact) mass is 197 g/mol. The third-order valence-electron chi connectivity index (χ3n) is 1.91. The lowest BCUT2D eigenvalue weighted by Crippen LogP contribution is -2.28. The maximum Gasteiger partial charge on any atom is 0.307 e. The molecule has 1 N–H and O–H groups in total. The zero-order valence-electron chi connectivity index (χ0n) is 8.45. The van der Waals surface area contributed by atoms with Gasteiger partial charge in [-0.05, 0) is 19.1 Å². The summed E-state index contributed by atoms with van der Waals surface area (Å²) in [6.07, 6.45) is 2.00. The van der Waals surface area contributed by atoms with Gasteiger partial charge >= 0.3 is 5.97 Å². The van der Waals surface area contributed by atoms with E-state index in [4.69, 9.17) is 4.42 Å². The smallest absolute Gasteiger partial charge is 0.307 e. The molecule has 0 aliphatic carbocycles. The molecule has 0 spiro atoms. The van der Waals surface area contributed by atoms with Crippen molar-refractivity contribution in [3.05, 3.63) is 24.2 Å². The van der Waals surface area contributed by atoms with Crippen molar-refractivity contribution < 1.29 is 13.9 Å². The fourth-order valence-corrected chi connectivity index (χ4v) is 1.09. The Morgan fingerprint density at radius 3 is 3.07 bits per heavy atom. The van der Waals surface area contributed by atoms with Crippen molar-refractivity contribution in [2.75, 3.05) is 7.11 Å². The average molecular weight is 197 g/mol. The summed E-state index contributed by atoms with van der Waals surface area (Å²) in [6.45, 7) is 2.56. The van der Waals surface area contributed by atoms with E-state index in [-0.39, 0.29) is 12.0 Å². The SMILES string of the molecule is COC(=O)C[C@@H](C)NCc1ccco1. The first-order valence-corrected chi connectivity index (χ1v) is 4.55. The highest BCUT2D eigenvalue weighted by atomic mass is 16.5. The first-order chi connectivity index (χ1) is 6.72. The number of rotatable bonds is 5. The molecule has 0 aliphatic rings. The Kier molecular flexibility index (Phi) is 4.19. The summed E-state index contributed by atoms with van der Waals surface area (Å²) >= 11 is 0. The van der Waals surface area contributed by atoms with Gasteiger partial charge in [-0.25, -0.2) is 0 Å². The van der Waals surface area contributed by atoms with Gasteiger partial charge in [-0.1, -0.05) is 0 Å². The molecule has 0 bridgehead atoms. The molecule has 1 aromatic rings. The molecule has 1 heterocycles. The lowest BCUT2D eigenvalue weighted by molar-refractivity contribution is -0.141. The molecule has 0 saturated carbocycles. The molecule has 0 unspecified atom stereocenters. The molecule has 4 nitrogen and oxygen atoms in total. The normalized spacial score (nSPS) is 12.4. The van der Waals surface area contributed by atoms with E-state index in [1.54, 1.807) is 6.26 Å². The minimum Gasteiger partial charge on any atom is -0.469 e. The quantitative estimate of drug-likeness (QED) is 0.723. The van der Waals surface area contributed by atoms with Gasteiger partial charge in [0.2, 0.25) is 0 Å². The third kappa shape index (κ3) is 3.62. The van der Waals surface area contributed by atoms with Crippen molar-refractivity contribution in [3.8, 4) is 0 Å². The third-order valence-corrected chi connectivity index (χ3v) is 1.91. The standard InChI is InChI=1S/C10H15NO3/c1-8(6-10(12)13-2)11-7-9-4-3-5-14-9/h3-5,8,11H,6-7H2,1-2H3/t8-/m1/s1. The molecule has 0 radical (unpaired) electrons. The number of carbonyl (C=O) groups excluding carboxylic acids is 1. The molecular formula is C10H15NO3. The van der Waals surface area contributed by atoms with Crippen LogP contribution in [0.4, 0.5) is 0 Å². The van der Waals surface area contributed by atoms with Crippen molar-refractivity contribution in [1.29, 1.82) is 0 Å². The summed E-state index contributed by atoms with van der Waals surface area (Å²) in [6, 6.07) is 3.81. The molecular weight excluding hydrogens is 182 g/mol. The lowest BCUT2D eigenvalue weighted by atomic mass is 10.2. The molecule has 0 saturated heterocycles. The van der Waals surface area contributed by atoms with Gasteiger partial charge in [-0.2, -0.15) is 0 Å². The van der Waals surface area contributed by atoms with Crippen LogP contribution in [0.15, 0.2) is 22.8 Å². The van der Waals surface area contributed by atoms with E-state index in [9.17, 15) is 4.79 Å². The summed E-state index contributed by atoms with van der Waals surface area (Å²) in [5, 5.41) is 3.16. The summed E-state index contributed by atoms with van der Waals surface area (Å²) in [5.41, 5.74) is 0. The van der Waals surface area contributed by atoms with Gasteiger partial charge in [0.25, 0.3) is 0 Å². The lowest BCUT2D eigenvalue weighted by Gasteiger charge is -2.10. The number of hydrogen-bond donors (Lipinski definition) is 1. The van der Waals surface area contributed by atoms with E-state index in [1.807, 2.05) is 19.1 Å². The highest BCUT2D eigenvalue weighted by molar-refractivity contribution is 5.69. The van der Waals surface area contributed by atoms with Gasteiger partial charge in [0, 0.05) is 6.04 Å². The zero-order chi connectivity index (χ0) is 10.4. The van der Waals surface area contributed by atoms with E-state index in [2.05, 4.69) is 10.1 Å². The predicted octanol–water partition coefficient (Wildman–Crippen LogP) is 1.32. The fourth-order valence-electron chi connectivity index (χ4n) is 1.09. The molecule has 1 rings (SSSR count). The van der Waals surface area contributed by atoms with Crippen LogP contribution in [0, 0.1) is 0 Å². The second kappa shape index (κ2) is 5.44. The average Bonchev–Trinajstić information content (AvgIpc) is 2.67. The number of furan rings is 1. The maximum absolute atomic E-state index is 10.9. The number of methoxy groups -OCH3 is 1. The van der Waals surface area contributed by atoms with Crippen molar-refractivity contribution in [2.24, 2.45) is 0 Å². The van der Waals surface area contributed by atoms with Gasteiger partial charge in [0.15, 0.2) is 0 Å². The van der Waals surface area contributed by atoms with Crippen LogP contribution in [-0.2, 0) is 16.1 Å². The van der Waals surface area contributed by atoms with E-state index >= 15 is 0 Å². The molecule has 4 heteroatoms. The Labute approximate surface area is 83.2 Å². The Morgan fingerprint density at radius 1 is 1.71 bits per heavy atom. The summed E-state index contributed by atoms with van der Waals surface area (Å²) < 4.78 is 9.69. The van der Waals surface area contributed by atoms with Crippen LogP contribution in [0.25, 0.3) is 0 Å². The van der Waals surface area contributed by atoms with Gasteiger partial charge in [0.05, 0.1) is 26.3 Å². The first-order valence-electron chi connectivity index (χ1n) is 4.55. The van der Waals surface area contributed by atoms with Crippen molar-refractivity contribution in [1.82, 2.24) is 5.32 Å². The summed E-state index contributed by atoms with van der Waals surface area (Å²) in [4.78, 5) is 10.9. The molecule has 78 valence electrons. The number of nitrogens with one attached hydrogen (secondary N) is 1. The molecule has 1 aromatic heterocycles. The number of ether oxygens (including phenoxy) is 1. The van der Waals surface area contributed by atoms with Crippen molar-refractivity contribution in [3.63, 3.8) is 0 Å². The number of hydrogen-bond acceptors (Lipinski definition) is 4. The fraction of sp³-hybridized carbons (Fsp3) is 0.500. The summed E-state index contributed by atoms with van der Waals surface area (Å²) in [7, 11) is 1.39. The van der Waals surface area contributed by atoms with Crippen LogP contribution >= 0.6 is 0 Å².